The van der Waals surface area contributed by atoms with Gasteiger partial charge in [-0.1, -0.05) is 20.8 Å². The van der Waals surface area contributed by atoms with Crippen molar-refractivity contribution < 1.29 is 0 Å². The first-order chi connectivity index (χ1) is 7.54. The number of aromatic amines is 1. The maximum Gasteiger partial charge on any atom is 0.202 e. The molecule has 1 atom stereocenters. The molecule has 0 aliphatic carbocycles. The van der Waals surface area contributed by atoms with Crippen molar-refractivity contribution in [3.8, 4) is 0 Å². The Labute approximate surface area is 98.2 Å². The van der Waals surface area contributed by atoms with Gasteiger partial charge in [0.25, 0.3) is 0 Å². The highest BCUT2D eigenvalue weighted by atomic mass is 15.2. The average Bonchev–Trinajstić information content (AvgIpc) is 2.73. The Bertz CT molecular complexity index is 306. The number of anilines is 1. The van der Waals surface area contributed by atoms with Crippen molar-refractivity contribution in [3.63, 3.8) is 0 Å². The van der Waals surface area contributed by atoms with E-state index in [0.717, 1.165) is 25.3 Å². The second-order valence-corrected chi connectivity index (χ2v) is 4.70. The van der Waals surface area contributed by atoms with Crippen LogP contribution in [0.15, 0.2) is 6.20 Å². The van der Waals surface area contributed by atoms with Gasteiger partial charge in [0.1, 0.15) is 0 Å². The van der Waals surface area contributed by atoms with Crippen LogP contribution in [0.1, 0.15) is 32.9 Å². The predicted octanol–water partition coefficient (Wildman–Crippen LogP) is 1.78. The summed E-state index contributed by atoms with van der Waals surface area (Å²) in [6.07, 6.45) is 3.89. The van der Waals surface area contributed by atoms with E-state index in [1.54, 1.807) is 0 Å². The van der Waals surface area contributed by atoms with Gasteiger partial charge in [0.05, 0.1) is 6.20 Å². The van der Waals surface area contributed by atoms with Crippen LogP contribution < -0.4 is 10.6 Å². The SMILES string of the molecule is CCc1cnc(N(C)CCC(N)C(C)C)[nH]1. The quantitative estimate of drug-likeness (QED) is 0.774. The molecule has 92 valence electrons. The lowest BCUT2D eigenvalue weighted by Crippen LogP contribution is -2.32. The van der Waals surface area contributed by atoms with E-state index in [1.165, 1.54) is 5.69 Å². The number of H-pyrrole nitrogens is 1. The van der Waals surface area contributed by atoms with E-state index >= 15 is 0 Å². The van der Waals surface area contributed by atoms with Crippen LogP contribution in [-0.2, 0) is 6.42 Å². The van der Waals surface area contributed by atoms with Crippen molar-refractivity contribution in [2.45, 2.75) is 39.7 Å². The summed E-state index contributed by atoms with van der Waals surface area (Å²) in [6.45, 7) is 7.38. The van der Waals surface area contributed by atoms with Gasteiger partial charge in [0.2, 0.25) is 5.95 Å². The first-order valence-corrected chi connectivity index (χ1v) is 6.05. The third kappa shape index (κ3) is 3.52. The molecule has 0 fully saturated rings. The van der Waals surface area contributed by atoms with Crippen molar-refractivity contribution >= 4 is 5.95 Å². The van der Waals surface area contributed by atoms with E-state index in [1.807, 2.05) is 13.2 Å². The number of nitrogens with zero attached hydrogens (tertiary/aromatic N) is 2. The first-order valence-electron chi connectivity index (χ1n) is 6.05. The summed E-state index contributed by atoms with van der Waals surface area (Å²) in [4.78, 5) is 9.76. The van der Waals surface area contributed by atoms with E-state index in [-0.39, 0.29) is 6.04 Å². The van der Waals surface area contributed by atoms with Gasteiger partial charge in [-0.2, -0.15) is 0 Å². The molecular formula is C12H24N4. The Balaban J connectivity index is 2.43. The van der Waals surface area contributed by atoms with Gasteiger partial charge in [-0.05, 0) is 18.8 Å². The second-order valence-electron chi connectivity index (χ2n) is 4.70. The van der Waals surface area contributed by atoms with Gasteiger partial charge in [-0.25, -0.2) is 4.98 Å². The highest BCUT2D eigenvalue weighted by molar-refractivity contribution is 5.29. The maximum absolute atomic E-state index is 6.02. The molecule has 1 rings (SSSR count). The first kappa shape index (κ1) is 13.0. The minimum Gasteiger partial charge on any atom is -0.345 e. The van der Waals surface area contributed by atoms with Gasteiger partial charge in [-0.3, -0.25) is 0 Å². The van der Waals surface area contributed by atoms with E-state index in [4.69, 9.17) is 5.73 Å². The Morgan fingerprint density at radius 1 is 1.50 bits per heavy atom. The van der Waals surface area contributed by atoms with E-state index < -0.39 is 0 Å². The molecule has 4 heteroatoms. The van der Waals surface area contributed by atoms with Crippen LogP contribution in [-0.4, -0.2) is 29.6 Å². The standard InChI is InChI=1S/C12H24N4/c1-5-10-8-14-12(15-10)16(4)7-6-11(13)9(2)3/h8-9,11H,5-7,13H2,1-4H3,(H,14,15). The van der Waals surface area contributed by atoms with Crippen LogP contribution in [0.25, 0.3) is 0 Å². The van der Waals surface area contributed by atoms with Crippen LogP contribution in [0, 0.1) is 5.92 Å². The molecule has 0 aliphatic heterocycles. The Morgan fingerprint density at radius 3 is 2.69 bits per heavy atom. The normalized spacial score (nSPS) is 13.1. The van der Waals surface area contributed by atoms with Crippen molar-refractivity contribution in [1.29, 1.82) is 0 Å². The molecule has 16 heavy (non-hydrogen) atoms. The van der Waals surface area contributed by atoms with E-state index in [0.29, 0.717) is 5.92 Å². The molecule has 4 nitrogen and oxygen atoms in total. The minimum atomic E-state index is 0.267. The fraction of sp³-hybridized carbons (Fsp3) is 0.750. The highest BCUT2D eigenvalue weighted by Crippen LogP contribution is 2.10. The van der Waals surface area contributed by atoms with E-state index in [2.05, 4.69) is 35.6 Å². The smallest absolute Gasteiger partial charge is 0.202 e. The Kier molecular flexibility index (Phi) is 4.80. The van der Waals surface area contributed by atoms with Crippen molar-refractivity contribution in [2.75, 3.05) is 18.5 Å². The second kappa shape index (κ2) is 5.89. The molecule has 0 aliphatic rings. The summed E-state index contributed by atoms with van der Waals surface area (Å²) in [6, 6.07) is 0.267. The van der Waals surface area contributed by atoms with Crippen molar-refractivity contribution in [1.82, 2.24) is 9.97 Å². The number of aromatic nitrogens is 2. The Hall–Kier alpha value is -1.03. The van der Waals surface area contributed by atoms with Crippen LogP contribution in [0.4, 0.5) is 5.95 Å². The lowest BCUT2D eigenvalue weighted by atomic mass is 10.0. The lowest BCUT2D eigenvalue weighted by Gasteiger charge is -2.20. The summed E-state index contributed by atoms with van der Waals surface area (Å²) < 4.78 is 0. The van der Waals surface area contributed by atoms with Crippen LogP contribution in [0.2, 0.25) is 0 Å². The fourth-order valence-electron chi connectivity index (χ4n) is 1.50. The third-order valence-corrected chi connectivity index (χ3v) is 3.01. The number of nitrogens with one attached hydrogen (secondary N) is 1. The highest BCUT2D eigenvalue weighted by Gasteiger charge is 2.10. The van der Waals surface area contributed by atoms with Crippen molar-refractivity contribution in [3.05, 3.63) is 11.9 Å². The summed E-state index contributed by atoms with van der Waals surface area (Å²) in [5.74, 6) is 1.48. The largest absolute Gasteiger partial charge is 0.345 e. The predicted molar refractivity (Wildman–Crippen MR) is 68.7 cm³/mol. The molecule has 1 heterocycles. The fourth-order valence-corrected chi connectivity index (χ4v) is 1.50. The summed E-state index contributed by atoms with van der Waals surface area (Å²) in [7, 11) is 2.05. The number of hydrogen-bond acceptors (Lipinski definition) is 3. The van der Waals surface area contributed by atoms with E-state index in [9.17, 15) is 0 Å². The Morgan fingerprint density at radius 2 is 2.19 bits per heavy atom. The topological polar surface area (TPSA) is 57.9 Å². The number of imidazole rings is 1. The number of nitrogens with two attached hydrogens (primary N) is 1. The molecule has 1 aromatic heterocycles. The number of hydrogen-bond donors (Lipinski definition) is 2. The molecule has 0 spiro atoms. The minimum absolute atomic E-state index is 0.267. The zero-order valence-electron chi connectivity index (χ0n) is 10.8. The summed E-state index contributed by atoms with van der Waals surface area (Å²) in [5.41, 5.74) is 7.19. The van der Waals surface area contributed by atoms with Gasteiger partial charge < -0.3 is 15.6 Å². The van der Waals surface area contributed by atoms with Crippen molar-refractivity contribution in [2.24, 2.45) is 11.7 Å². The van der Waals surface area contributed by atoms with Gasteiger partial charge in [0.15, 0.2) is 0 Å². The zero-order chi connectivity index (χ0) is 12.1. The maximum atomic E-state index is 6.02. The van der Waals surface area contributed by atoms with Gasteiger partial charge in [-0.15, -0.1) is 0 Å². The average molecular weight is 224 g/mol. The monoisotopic (exact) mass is 224 g/mol. The van der Waals surface area contributed by atoms with Crippen LogP contribution in [0.3, 0.4) is 0 Å². The molecule has 0 radical (unpaired) electrons. The van der Waals surface area contributed by atoms with Gasteiger partial charge in [0, 0.05) is 25.3 Å². The molecular weight excluding hydrogens is 200 g/mol. The molecule has 1 aromatic rings. The summed E-state index contributed by atoms with van der Waals surface area (Å²) in [5, 5.41) is 0. The molecule has 0 saturated heterocycles. The lowest BCUT2D eigenvalue weighted by molar-refractivity contribution is 0.465. The molecule has 1 unspecified atom stereocenters. The van der Waals surface area contributed by atoms with Crippen LogP contribution >= 0.6 is 0 Å². The zero-order valence-corrected chi connectivity index (χ0v) is 10.8. The number of rotatable bonds is 6. The number of aryl methyl sites for hydroxylation is 1. The summed E-state index contributed by atoms with van der Waals surface area (Å²) >= 11 is 0. The molecule has 0 saturated carbocycles. The van der Waals surface area contributed by atoms with Crippen LogP contribution in [0.5, 0.6) is 0 Å². The molecule has 3 N–H and O–H groups in total. The van der Waals surface area contributed by atoms with Gasteiger partial charge >= 0.3 is 0 Å². The third-order valence-electron chi connectivity index (χ3n) is 3.01. The molecule has 0 aromatic carbocycles. The molecule has 0 bridgehead atoms. The molecule has 0 amide bonds.